The van der Waals surface area contributed by atoms with E-state index in [1.807, 2.05) is 0 Å². The Labute approximate surface area is 337 Å². The van der Waals surface area contributed by atoms with Crippen LogP contribution in [0.2, 0.25) is 0 Å². The van der Waals surface area contributed by atoms with Crippen molar-refractivity contribution in [1.82, 2.24) is 5.32 Å². The Kier molecular flexibility index (Phi) is 35.2. The topological polar surface area (TPSA) is 149 Å². The Hall–Kier alpha value is -1.07. The fraction of sp³-hybridized carbons (Fsp3) is 0.935. The second-order valence-corrected chi connectivity index (χ2v) is 16.6. The predicted molar refractivity (Wildman–Crippen MR) is 226 cm³/mol. The molecular weight excluding hydrogens is 695 g/mol. The lowest BCUT2D eigenvalue weighted by atomic mass is 9.99. The van der Waals surface area contributed by atoms with E-state index in [0.29, 0.717) is 12.8 Å². The van der Waals surface area contributed by atoms with Crippen LogP contribution in [0.25, 0.3) is 0 Å². The molecule has 7 atom stereocenters. The average Bonchev–Trinajstić information content (AvgIpc) is 3.18. The molecule has 1 aliphatic rings. The summed E-state index contributed by atoms with van der Waals surface area (Å²) in [7, 11) is 0. The summed E-state index contributed by atoms with van der Waals surface area (Å²) < 4.78 is 11.1. The SMILES string of the molecule is CCCCCCCCCC/C=C\CCCCCCCCCCCCCCCCCCCC(=O)NC(COC1OC(CO)C(O)C(O)C1O)C(O)CCCCC. The van der Waals surface area contributed by atoms with E-state index in [9.17, 15) is 30.3 Å². The van der Waals surface area contributed by atoms with Gasteiger partial charge in [-0.1, -0.05) is 187 Å². The van der Waals surface area contributed by atoms with E-state index >= 15 is 0 Å². The van der Waals surface area contributed by atoms with Gasteiger partial charge in [-0.2, -0.15) is 0 Å². The van der Waals surface area contributed by atoms with Crippen molar-refractivity contribution in [2.24, 2.45) is 0 Å². The van der Waals surface area contributed by atoms with Crippen molar-refractivity contribution in [3.63, 3.8) is 0 Å². The van der Waals surface area contributed by atoms with Gasteiger partial charge >= 0.3 is 0 Å². The third-order valence-electron chi connectivity index (χ3n) is 11.4. The maximum atomic E-state index is 12.8. The molecule has 1 amide bonds. The Morgan fingerprint density at radius 3 is 1.47 bits per heavy atom. The standard InChI is InChI=1S/C46H89NO8/c1-3-5-7-8-9-10-11-12-13-14-15-16-17-18-19-20-21-22-23-24-25-26-27-28-29-30-31-32-34-36-42(50)47-39(40(49)35-33-6-4-2)38-54-46-45(53)44(52)43(51)41(37-48)55-46/h14-15,39-41,43-46,48-49,51-53H,3-13,16-38H2,1-2H3,(H,47,50)/b15-14-. The summed E-state index contributed by atoms with van der Waals surface area (Å²) in [5.41, 5.74) is 0. The van der Waals surface area contributed by atoms with Gasteiger partial charge in [0, 0.05) is 6.42 Å². The van der Waals surface area contributed by atoms with Crippen LogP contribution in [0.15, 0.2) is 12.2 Å². The van der Waals surface area contributed by atoms with Crippen LogP contribution in [-0.4, -0.2) is 87.5 Å². The molecule has 55 heavy (non-hydrogen) atoms. The van der Waals surface area contributed by atoms with Gasteiger partial charge in [0.05, 0.1) is 25.4 Å². The normalized spacial score (nSPS) is 21.3. The minimum Gasteiger partial charge on any atom is -0.394 e. The highest BCUT2D eigenvalue weighted by molar-refractivity contribution is 5.76. The molecule has 0 aromatic carbocycles. The van der Waals surface area contributed by atoms with Crippen LogP contribution < -0.4 is 5.32 Å². The van der Waals surface area contributed by atoms with E-state index in [2.05, 4.69) is 31.3 Å². The summed E-state index contributed by atoms with van der Waals surface area (Å²) in [6.07, 6.45) is 36.3. The summed E-state index contributed by atoms with van der Waals surface area (Å²) in [4.78, 5) is 12.8. The van der Waals surface area contributed by atoms with Crippen molar-refractivity contribution >= 4 is 5.91 Å². The highest BCUT2D eigenvalue weighted by Crippen LogP contribution is 2.23. The maximum Gasteiger partial charge on any atom is 0.220 e. The van der Waals surface area contributed by atoms with Crippen LogP contribution in [0, 0.1) is 0 Å². The molecule has 1 fully saturated rings. The number of nitrogens with one attached hydrogen (secondary N) is 1. The number of rotatable bonds is 39. The van der Waals surface area contributed by atoms with Crippen LogP contribution in [0.5, 0.6) is 0 Å². The average molecular weight is 784 g/mol. The molecule has 7 unspecified atom stereocenters. The minimum absolute atomic E-state index is 0.139. The summed E-state index contributed by atoms with van der Waals surface area (Å²) in [5.74, 6) is -0.153. The molecule has 1 heterocycles. The molecule has 0 aromatic heterocycles. The van der Waals surface area contributed by atoms with Crippen molar-refractivity contribution in [1.29, 1.82) is 0 Å². The number of aliphatic hydroxyl groups excluding tert-OH is 5. The monoisotopic (exact) mass is 784 g/mol. The zero-order valence-corrected chi connectivity index (χ0v) is 35.7. The summed E-state index contributed by atoms with van der Waals surface area (Å²) in [6.45, 7) is 3.67. The number of allylic oxidation sites excluding steroid dienone is 2. The first-order valence-electron chi connectivity index (χ1n) is 23.4. The number of carbonyl (C=O) groups excluding carboxylic acids is 1. The van der Waals surface area contributed by atoms with Crippen molar-refractivity contribution in [2.75, 3.05) is 13.2 Å². The van der Waals surface area contributed by atoms with Crippen molar-refractivity contribution in [3.05, 3.63) is 12.2 Å². The van der Waals surface area contributed by atoms with Gasteiger partial charge in [0.1, 0.15) is 24.4 Å². The van der Waals surface area contributed by atoms with Crippen molar-refractivity contribution < 1.29 is 39.8 Å². The van der Waals surface area contributed by atoms with Crippen LogP contribution in [0.1, 0.15) is 219 Å². The third-order valence-corrected chi connectivity index (χ3v) is 11.4. The summed E-state index contributed by atoms with van der Waals surface area (Å²) in [5, 5.41) is 53.5. The fourth-order valence-electron chi connectivity index (χ4n) is 7.57. The van der Waals surface area contributed by atoms with E-state index in [1.165, 1.54) is 154 Å². The van der Waals surface area contributed by atoms with Gasteiger partial charge < -0.3 is 40.3 Å². The van der Waals surface area contributed by atoms with Gasteiger partial charge in [-0.05, 0) is 38.5 Å². The first-order chi connectivity index (χ1) is 26.8. The molecule has 9 nitrogen and oxygen atoms in total. The highest BCUT2D eigenvalue weighted by Gasteiger charge is 2.44. The zero-order chi connectivity index (χ0) is 40.2. The Morgan fingerprint density at radius 1 is 0.600 bits per heavy atom. The quantitative estimate of drug-likeness (QED) is 0.0267. The second kappa shape index (κ2) is 37.2. The molecule has 9 heteroatoms. The number of hydrogen-bond acceptors (Lipinski definition) is 8. The predicted octanol–water partition coefficient (Wildman–Crippen LogP) is 9.73. The molecule has 1 aliphatic heterocycles. The van der Waals surface area contributed by atoms with E-state index in [4.69, 9.17) is 9.47 Å². The molecule has 0 aromatic rings. The molecule has 0 radical (unpaired) electrons. The molecule has 6 N–H and O–H groups in total. The zero-order valence-electron chi connectivity index (χ0n) is 35.7. The van der Waals surface area contributed by atoms with Gasteiger partial charge in [-0.15, -0.1) is 0 Å². The van der Waals surface area contributed by atoms with Gasteiger partial charge in [-0.25, -0.2) is 0 Å². The number of aliphatic hydroxyl groups is 5. The first-order valence-corrected chi connectivity index (χ1v) is 23.4. The molecule has 0 aliphatic carbocycles. The van der Waals surface area contributed by atoms with Gasteiger partial charge in [0.2, 0.25) is 5.91 Å². The minimum atomic E-state index is -1.55. The Balaban J connectivity index is 1.99. The summed E-state index contributed by atoms with van der Waals surface area (Å²) >= 11 is 0. The number of unbranched alkanes of at least 4 members (excludes halogenated alkanes) is 27. The lowest BCUT2D eigenvalue weighted by molar-refractivity contribution is -0.302. The lowest BCUT2D eigenvalue weighted by Crippen LogP contribution is -2.60. The first kappa shape index (κ1) is 51.9. The van der Waals surface area contributed by atoms with Crippen LogP contribution in [0.3, 0.4) is 0 Å². The number of amides is 1. The second-order valence-electron chi connectivity index (χ2n) is 16.6. The van der Waals surface area contributed by atoms with Gasteiger partial charge in [0.15, 0.2) is 6.29 Å². The van der Waals surface area contributed by atoms with Crippen molar-refractivity contribution in [3.8, 4) is 0 Å². The van der Waals surface area contributed by atoms with E-state index in [-0.39, 0.29) is 12.5 Å². The molecule has 0 saturated carbocycles. The maximum absolute atomic E-state index is 12.8. The van der Waals surface area contributed by atoms with E-state index < -0.39 is 49.5 Å². The number of ether oxygens (including phenoxy) is 2. The lowest BCUT2D eigenvalue weighted by Gasteiger charge is -2.40. The van der Waals surface area contributed by atoms with Crippen LogP contribution in [-0.2, 0) is 14.3 Å². The molecule has 326 valence electrons. The smallest absolute Gasteiger partial charge is 0.220 e. The van der Waals surface area contributed by atoms with E-state index in [1.54, 1.807) is 0 Å². The van der Waals surface area contributed by atoms with Gasteiger partial charge in [0.25, 0.3) is 0 Å². The molecule has 0 bridgehead atoms. The van der Waals surface area contributed by atoms with E-state index in [0.717, 1.165) is 38.5 Å². The molecular formula is C46H89NO8. The molecule has 0 spiro atoms. The van der Waals surface area contributed by atoms with Crippen LogP contribution in [0.4, 0.5) is 0 Å². The Bertz CT molecular complexity index is 873. The molecule has 1 rings (SSSR count). The van der Waals surface area contributed by atoms with Crippen LogP contribution >= 0.6 is 0 Å². The summed E-state index contributed by atoms with van der Waals surface area (Å²) in [6, 6.07) is -0.710. The van der Waals surface area contributed by atoms with Gasteiger partial charge in [-0.3, -0.25) is 4.79 Å². The Morgan fingerprint density at radius 2 is 1.02 bits per heavy atom. The molecule has 1 saturated heterocycles. The highest BCUT2D eigenvalue weighted by atomic mass is 16.7. The number of carbonyl (C=O) groups is 1. The van der Waals surface area contributed by atoms with Crippen molar-refractivity contribution in [2.45, 2.75) is 262 Å². The largest absolute Gasteiger partial charge is 0.394 e. The number of hydrogen-bond donors (Lipinski definition) is 6. The third kappa shape index (κ3) is 28.1. The fourth-order valence-corrected chi connectivity index (χ4v) is 7.57.